The van der Waals surface area contributed by atoms with Gasteiger partial charge in [-0.25, -0.2) is 4.98 Å². The first-order valence-electron chi connectivity index (χ1n) is 6.69. The first kappa shape index (κ1) is 14.4. The lowest BCUT2D eigenvalue weighted by Crippen LogP contribution is -2.42. The van der Waals surface area contributed by atoms with E-state index in [1.165, 1.54) is 12.3 Å². The minimum Gasteiger partial charge on any atom is -0.466 e. The summed E-state index contributed by atoms with van der Waals surface area (Å²) < 4.78 is 17.7. The molecule has 108 valence electrons. The normalized spacial score (nSPS) is 18.7. The van der Waals surface area contributed by atoms with Crippen molar-refractivity contribution in [3.8, 4) is 0 Å². The van der Waals surface area contributed by atoms with Crippen molar-refractivity contribution in [2.24, 2.45) is 5.92 Å². The predicted octanol–water partition coefficient (Wildman–Crippen LogP) is 1.64. The maximum absolute atomic E-state index is 12.7. The second kappa shape index (κ2) is 6.45. The second-order valence-electron chi connectivity index (χ2n) is 4.71. The predicted molar refractivity (Wildman–Crippen MR) is 69.5 cm³/mol. The number of piperidine rings is 1. The summed E-state index contributed by atoms with van der Waals surface area (Å²) in [7, 11) is 0. The maximum atomic E-state index is 12.7. The largest absolute Gasteiger partial charge is 0.466 e. The third kappa shape index (κ3) is 3.31. The molecule has 1 aromatic rings. The Balaban J connectivity index is 2.03. The van der Waals surface area contributed by atoms with E-state index in [9.17, 15) is 14.0 Å². The number of esters is 1. The van der Waals surface area contributed by atoms with Crippen LogP contribution < -0.4 is 0 Å². The molecule has 5 nitrogen and oxygen atoms in total. The fourth-order valence-corrected chi connectivity index (χ4v) is 2.30. The number of likely N-dealkylation sites (tertiary alicyclic amines) is 1. The van der Waals surface area contributed by atoms with Crippen LogP contribution in [0.1, 0.15) is 30.1 Å². The van der Waals surface area contributed by atoms with Gasteiger partial charge in [0.25, 0.3) is 5.91 Å². The van der Waals surface area contributed by atoms with Gasteiger partial charge in [0.2, 0.25) is 5.95 Å². The van der Waals surface area contributed by atoms with Gasteiger partial charge < -0.3 is 9.64 Å². The third-order valence-electron chi connectivity index (χ3n) is 3.30. The van der Waals surface area contributed by atoms with E-state index in [0.29, 0.717) is 25.3 Å². The van der Waals surface area contributed by atoms with Gasteiger partial charge in [-0.05, 0) is 31.9 Å². The molecule has 0 aliphatic carbocycles. The fraction of sp³-hybridized carbons (Fsp3) is 0.500. The molecule has 0 radical (unpaired) electrons. The Morgan fingerprint density at radius 3 is 2.95 bits per heavy atom. The van der Waals surface area contributed by atoms with Crippen molar-refractivity contribution in [1.82, 2.24) is 9.88 Å². The monoisotopic (exact) mass is 280 g/mol. The zero-order chi connectivity index (χ0) is 14.5. The summed E-state index contributed by atoms with van der Waals surface area (Å²) in [5, 5.41) is 0. The molecule has 1 aliphatic rings. The van der Waals surface area contributed by atoms with E-state index >= 15 is 0 Å². The number of rotatable bonds is 3. The second-order valence-corrected chi connectivity index (χ2v) is 4.71. The van der Waals surface area contributed by atoms with Crippen LogP contribution in [0.2, 0.25) is 0 Å². The van der Waals surface area contributed by atoms with Crippen molar-refractivity contribution in [3.05, 3.63) is 29.8 Å². The van der Waals surface area contributed by atoms with Crippen molar-refractivity contribution in [2.45, 2.75) is 19.8 Å². The first-order chi connectivity index (χ1) is 9.61. The van der Waals surface area contributed by atoms with Crippen molar-refractivity contribution >= 4 is 11.9 Å². The van der Waals surface area contributed by atoms with Gasteiger partial charge >= 0.3 is 5.97 Å². The zero-order valence-corrected chi connectivity index (χ0v) is 11.3. The Morgan fingerprint density at radius 1 is 1.50 bits per heavy atom. The molecule has 1 atom stereocenters. The molecule has 0 unspecified atom stereocenters. The number of nitrogens with zero attached hydrogens (tertiary/aromatic N) is 2. The summed E-state index contributed by atoms with van der Waals surface area (Å²) in [4.78, 5) is 29.0. The molecule has 2 rings (SSSR count). The SMILES string of the molecule is CCOC(=O)[C@H]1CCCN(C(=O)c2ccc(F)nc2)C1. The highest BCUT2D eigenvalue weighted by Gasteiger charge is 2.29. The number of carbonyl (C=O) groups is 2. The van der Waals surface area contributed by atoms with Crippen molar-refractivity contribution in [1.29, 1.82) is 0 Å². The van der Waals surface area contributed by atoms with Gasteiger partial charge in [0.15, 0.2) is 0 Å². The van der Waals surface area contributed by atoms with E-state index in [-0.39, 0.29) is 17.8 Å². The van der Waals surface area contributed by atoms with E-state index in [2.05, 4.69) is 4.98 Å². The number of amides is 1. The number of ether oxygens (including phenoxy) is 1. The van der Waals surface area contributed by atoms with Crippen LogP contribution in [0.3, 0.4) is 0 Å². The van der Waals surface area contributed by atoms with Gasteiger partial charge in [0.05, 0.1) is 18.1 Å². The minimum atomic E-state index is -0.621. The van der Waals surface area contributed by atoms with Crippen LogP contribution in [0, 0.1) is 11.9 Å². The maximum Gasteiger partial charge on any atom is 0.310 e. The smallest absolute Gasteiger partial charge is 0.310 e. The Bertz CT molecular complexity index is 490. The molecule has 0 aromatic carbocycles. The molecule has 0 bridgehead atoms. The summed E-state index contributed by atoms with van der Waals surface area (Å²) >= 11 is 0. The molecule has 0 spiro atoms. The van der Waals surface area contributed by atoms with Crippen LogP contribution in [-0.2, 0) is 9.53 Å². The molecule has 20 heavy (non-hydrogen) atoms. The third-order valence-corrected chi connectivity index (χ3v) is 3.30. The molecule has 0 N–H and O–H groups in total. The number of pyridine rings is 1. The van der Waals surface area contributed by atoms with E-state index in [4.69, 9.17) is 4.74 Å². The average Bonchev–Trinajstić information content (AvgIpc) is 2.48. The lowest BCUT2D eigenvalue weighted by Gasteiger charge is -2.31. The van der Waals surface area contributed by atoms with Crippen molar-refractivity contribution in [2.75, 3.05) is 19.7 Å². The summed E-state index contributed by atoms with van der Waals surface area (Å²) in [6.07, 6.45) is 2.69. The van der Waals surface area contributed by atoms with Crippen LogP contribution >= 0.6 is 0 Å². The van der Waals surface area contributed by atoms with Crippen molar-refractivity contribution < 1.29 is 18.7 Å². The molecule has 1 aromatic heterocycles. The number of hydrogen-bond acceptors (Lipinski definition) is 4. The van der Waals surface area contributed by atoms with E-state index in [1.807, 2.05) is 0 Å². The Kier molecular flexibility index (Phi) is 4.65. The minimum absolute atomic E-state index is 0.230. The lowest BCUT2D eigenvalue weighted by atomic mass is 9.97. The highest BCUT2D eigenvalue weighted by atomic mass is 19.1. The molecule has 2 heterocycles. The van der Waals surface area contributed by atoms with Gasteiger partial charge in [0, 0.05) is 19.3 Å². The number of carbonyl (C=O) groups excluding carboxylic acids is 2. The number of hydrogen-bond donors (Lipinski definition) is 0. The summed E-state index contributed by atoms with van der Waals surface area (Å²) in [6.45, 7) is 3.03. The quantitative estimate of drug-likeness (QED) is 0.624. The molecule has 6 heteroatoms. The van der Waals surface area contributed by atoms with Gasteiger partial charge in [-0.15, -0.1) is 0 Å². The van der Waals surface area contributed by atoms with Gasteiger partial charge in [0.1, 0.15) is 0 Å². The summed E-state index contributed by atoms with van der Waals surface area (Å²) in [5.74, 6) is -1.39. The Morgan fingerprint density at radius 2 is 2.30 bits per heavy atom. The molecule has 1 fully saturated rings. The molecule has 1 amide bonds. The average molecular weight is 280 g/mol. The Labute approximate surface area is 116 Å². The van der Waals surface area contributed by atoms with E-state index < -0.39 is 5.95 Å². The van der Waals surface area contributed by atoms with E-state index in [0.717, 1.165) is 18.9 Å². The number of halogens is 1. The molecule has 1 saturated heterocycles. The first-order valence-corrected chi connectivity index (χ1v) is 6.69. The van der Waals surface area contributed by atoms with Gasteiger partial charge in [-0.2, -0.15) is 4.39 Å². The highest BCUT2D eigenvalue weighted by molar-refractivity contribution is 5.94. The van der Waals surface area contributed by atoms with E-state index in [1.54, 1.807) is 11.8 Å². The Hall–Kier alpha value is -1.98. The van der Waals surface area contributed by atoms with Crippen LogP contribution in [0.4, 0.5) is 4.39 Å². The summed E-state index contributed by atoms with van der Waals surface area (Å²) in [5.41, 5.74) is 0.330. The van der Waals surface area contributed by atoms with Crippen LogP contribution in [0.5, 0.6) is 0 Å². The topological polar surface area (TPSA) is 59.5 Å². The van der Waals surface area contributed by atoms with Crippen molar-refractivity contribution in [3.63, 3.8) is 0 Å². The molecule has 1 aliphatic heterocycles. The fourth-order valence-electron chi connectivity index (χ4n) is 2.30. The van der Waals surface area contributed by atoms with Crippen LogP contribution in [0.15, 0.2) is 18.3 Å². The molecule has 0 saturated carbocycles. The number of aromatic nitrogens is 1. The van der Waals surface area contributed by atoms with Gasteiger partial charge in [-0.3, -0.25) is 9.59 Å². The lowest BCUT2D eigenvalue weighted by molar-refractivity contribution is -0.149. The standard InChI is InChI=1S/C14H17FN2O3/c1-2-20-14(19)11-4-3-7-17(9-11)13(18)10-5-6-12(15)16-8-10/h5-6,8,11H,2-4,7,9H2,1H3/t11-/m0/s1. The van der Waals surface area contributed by atoms with Gasteiger partial charge in [-0.1, -0.05) is 0 Å². The van der Waals surface area contributed by atoms with Crippen LogP contribution in [-0.4, -0.2) is 41.5 Å². The van der Waals surface area contributed by atoms with Crippen LogP contribution in [0.25, 0.3) is 0 Å². The highest BCUT2D eigenvalue weighted by Crippen LogP contribution is 2.19. The molecular formula is C14H17FN2O3. The summed E-state index contributed by atoms with van der Waals surface area (Å²) in [6, 6.07) is 2.55. The molecular weight excluding hydrogens is 263 g/mol. The zero-order valence-electron chi connectivity index (χ0n) is 11.3.